The van der Waals surface area contributed by atoms with Gasteiger partial charge in [0.1, 0.15) is 5.82 Å². The third-order valence-electron chi connectivity index (χ3n) is 6.33. The van der Waals surface area contributed by atoms with Crippen molar-refractivity contribution in [1.29, 1.82) is 0 Å². The molecule has 1 unspecified atom stereocenters. The van der Waals surface area contributed by atoms with Gasteiger partial charge < -0.3 is 10.2 Å². The van der Waals surface area contributed by atoms with Crippen molar-refractivity contribution in [2.45, 2.75) is 39.2 Å². The van der Waals surface area contributed by atoms with Gasteiger partial charge in [-0.3, -0.25) is 9.48 Å². The lowest BCUT2D eigenvalue weighted by Crippen LogP contribution is -2.40. The van der Waals surface area contributed by atoms with E-state index in [1.54, 1.807) is 30.8 Å². The second-order valence-corrected chi connectivity index (χ2v) is 9.04. The molecule has 1 fully saturated rings. The molecule has 1 aliphatic heterocycles. The van der Waals surface area contributed by atoms with Gasteiger partial charge >= 0.3 is 0 Å². The highest BCUT2D eigenvalue weighted by molar-refractivity contribution is 6.05. The van der Waals surface area contributed by atoms with Crippen molar-refractivity contribution in [1.82, 2.24) is 20.0 Å². The number of carbonyl (C=O) groups is 1. The van der Waals surface area contributed by atoms with Crippen molar-refractivity contribution < 1.29 is 18.0 Å². The van der Waals surface area contributed by atoms with Crippen molar-refractivity contribution >= 4 is 16.8 Å². The number of nitrogens with one attached hydrogen (secondary N) is 1. The molecule has 0 aliphatic carbocycles. The van der Waals surface area contributed by atoms with E-state index in [0.717, 1.165) is 58.9 Å². The topological polar surface area (TPSA) is 50.2 Å². The number of fused-ring (bicyclic) bond motifs is 1. The Morgan fingerprint density at radius 3 is 2.70 bits per heavy atom. The van der Waals surface area contributed by atoms with Gasteiger partial charge in [-0.15, -0.1) is 0 Å². The van der Waals surface area contributed by atoms with E-state index < -0.39 is 30.7 Å². The third-order valence-corrected chi connectivity index (χ3v) is 6.33. The number of nitrogens with zero attached hydrogens (tertiary/aromatic N) is 3. The minimum Gasteiger partial charge on any atom is -0.330 e. The summed E-state index contributed by atoms with van der Waals surface area (Å²) in [7, 11) is 1.85. The quantitative estimate of drug-likeness (QED) is 0.561. The summed E-state index contributed by atoms with van der Waals surface area (Å²) in [5, 5.41) is 8.60. The van der Waals surface area contributed by atoms with Crippen LogP contribution < -0.4 is 5.32 Å². The smallest absolute Gasteiger partial charge is 0.255 e. The van der Waals surface area contributed by atoms with Crippen molar-refractivity contribution in [2.75, 3.05) is 19.6 Å². The first-order valence-corrected chi connectivity index (χ1v) is 11.3. The molecule has 1 aliphatic rings. The van der Waals surface area contributed by atoms with Crippen LogP contribution in [0.2, 0.25) is 0 Å². The number of hydrogen-bond donors (Lipinski definition) is 1. The molecule has 0 saturated carbocycles. The molecule has 8 heteroatoms. The van der Waals surface area contributed by atoms with E-state index in [0.29, 0.717) is 11.5 Å². The van der Waals surface area contributed by atoms with Crippen molar-refractivity contribution in [3.63, 3.8) is 0 Å². The van der Waals surface area contributed by atoms with Crippen molar-refractivity contribution in [3.8, 4) is 11.1 Å². The summed E-state index contributed by atoms with van der Waals surface area (Å²) >= 11 is 0. The first-order chi connectivity index (χ1) is 15.7. The molecule has 3 aromatic rings. The lowest BCUT2D eigenvalue weighted by atomic mass is 9.91. The summed E-state index contributed by atoms with van der Waals surface area (Å²) in [4.78, 5) is 14.5. The van der Waals surface area contributed by atoms with E-state index in [4.69, 9.17) is 0 Å². The first-order valence-electron chi connectivity index (χ1n) is 11.3. The van der Waals surface area contributed by atoms with Crippen LogP contribution in [0, 0.1) is 11.7 Å². The zero-order valence-electron chi connectivity index (χ0n) is 19.1. The lowest BCUT2D eigenvalue weighted by molar-refractivity contribution is 0.0476. The van der Waals surface area contributed by atoms with E-state index in [2.05, 4.69) is 16.5 Å². The number of alkyl halides is 2. The van der Waals surface area contributed by atoms with Gasteiger partial charge in [-0.2, -0.15) is 5.10 Å². The zero-order chi connectivity index (χ0) is 23.7. The number of aryl methyl sites for hydroxylation is 1. The van der Waals surface area contributed by atoms with Crippen LogP contribution in [0.15, 0.2) is 36.5 Å². The van der Waals surface area contributed by atoms with Crippen LogP contribution in [-0.2, 0) is 13.5 Å². The van der Waals surface area contributed by atoms with E-state index in [1.807, 2.05) is 13.1 Å². The molecule has 176 valence electrons. The normalized spacial score (nSPS) is 16.3. The Kier molecular flexibility index (Phi) is 6.74. The predicted molar refractivity (Wildman–Crippen MR) is 123 cm³/mol. The van der Waals surface area contributed by atoms with Crippen LogP contribution in [0.25, 0.3) is 22.0 Å². The molecular weight excluding hydrogens is 429 g/mol. The molecule has 1 aromatic heterocycles. The fourth-order valence-corrected chi connectivity index (χ4v) is 4.63. The third kappa shape index (κ3) is 4.90. The number of rotatable bonds is 7. The number of benzene rings is 2. The number of carbonyl (C=O) groups excluding carboxylic acids is 1. The van der Waals surface area contributed by atoms with Crippen LogP contribution >= 0.6 is 0 Å². The average Bonchev–Trinajstić information content (AvgIpc) is 3.41. The molecule has 2 aromatic carbocycles. The number of amides is 1. The van der Waals surface area contributed by atoms with Crippen LogP contribution in [-0.4, -0.2) is 52.7 Å². The Bertz CT molecular complexity index is 1150. The van der Waals surface area contributed by atoms with Gasteiger partial charge in [0.25, 0.3) is 12.3 Å². The van der Waals surface area contributed by atoms with Gasteiger partial charge in [0.05, 0.1) is 23.8 Å². The van der Waals surface area contributed by atoms with Crippen LogP contribution in [0.5, 0.6) is 0 Å². The Hall–Kier alpha value is -2.87. The van der Waals surface area contributed by atoms with Gasteiger partial charge in [-0.05, 0) is 80.6 Å². The molecule has 2 heterocycles. The van der Waals surface area contributed by atoms with E-state index >= 15 is 0 Å². The predicted octanol–water partition coefficient (Wildman–Crippen LogP) is 4.65. The van der Waals surface area contributed by atoms with Crippen molar-refractivity contribution in [2.24, 2.45) is 13.0 Å². The number of hydrogen-bond acceptors (Lipinski definition) is 3. The molecule has 4 rings (SSSR count). The zero-order valence-corrected chi connectivity index (χ0v) is 19.1. The molecule has 5 nitrogen and oxygen atoms in total. The summed E-state index contributed by atoms with van der Waals surface area (Å²) in [6.45, 7) is 4.60. The molecule has 1 atom stereocenters. The fraction of sp³-hybridized carbons (Fsp3) is 0.440. The Morgan fingerprint density at radius 2 is 2.03 bits per heavy atom. The Balaban J connectivity index is 1.85. The minimum atomic E-state index is -2.68. The molecule has 1 saturated heterocycles. The van der Waals surface area contributed by atoms with Gasteiger partial charge in [0, 0.05) is 18.5 Å². The molecule has 0 spiro atoms. The van der Waals surface area contributed by atoms with Crippen LogP contribution in [0.3, 0.4) is 0 Å². The molecule has 0 radical (unpaired) electrons. The van der Waals surface area contributed by atoms with Crippen molar-refractivity contribution in [3.05, 3.63) is 53.5 Å². The summed E-state index contributed by atoms with van der Waals surface area (Å²) in [6, 6.07) is 7.68. The first kappa shape index (κ1) is 23.3. The minimum absolute atomic E-state index is 0.0780. The van der Waals surface area contributed by atoms with Gasteiger partial charge in [-0.25, -0.2) is 13.2 Å². The van der Waals surface area contributed by atoms with Gasteiger partial charge in [0.15, 0.2) is 0 Å². The fourth-order valence-electron chi connectivity index (χ4n) is 4.63. The summed E-state index contributed by atoms with van der Waals surface area (Å²) in [5.41, 5.74) is 3.36. The summed E-state index contributed by atoms with van der Waals surface area (Å²) < 4.78 is 42.4. The maximum absolute atomic E-state index is 14.3. The van der Waals surface area contributed by atoms with Crippen LogP contribution in [0.4, 0.5) is 13.2 Å². The lowest BCUT2D eigenvalue weighted by Gasteiger charge is -2.27. The average molecular weight is 459 g/mol. The van der Waals surface area contributed by atoms with Crippen LogP contribution in [0.1, 0.15) is 36.2 Å². The largest absolute Gasteiger partial charge is 0.330 e. The maximum Gasteiger partial charge on any atom is 0.255 e. The monoisotopic (exact) mass is 458 g/mol. The highest BCUT2D eigenvalue weighted by Crippen LogP contribution is 2.34. The van der Waals surface area contributed by atoms with Gasteiger partial charge in [-0.1, -0.05) is 12.1 Å². The number of halogens is 3. The Morgan fingerprint density at radius 1 is 1.24 bits per heavy atom. The van der Waals surface area contributed by atoms with E-state index in [-0.39, 0.29) is 5.56 Å². The Labute approximate surface area is 191 Å². The van der Waals surface area contributed by atoms with Gasteiger partial charge in [0.2, 0.25) is 0 Å². The van der Waals surface area contributed by atoms with E-state index in [9.17, 15) is 18.0 Å². The molecule has 1 N–H and O–H groups in total. The standard InChI is InChI=1S/C25H29F3N4O/c1-15(2)32(14-24(27)28)25(33)21-11-18(26)4-5-19(21)20-9-17(8-16-6-7-29-12-16)10-23-22(20)13-30-31(23)3/h4-5,9-11,13,15-16,24,29H,6-8,12,14H2,1-3H3. The maximum atomic E-state index is 14.3. The highest BCUT2D eigenvalue weighted by Gasteiger charge is 2.26. The highest BCUT2D eigenvalue weighted by atomic mass is 19.3. The molecule has 0 bridgehead atoms. The molecule has 1 amide bonds. The SMILES string of the molecule is CC(C)N(CC(F)F)C(=O)c1cc(F)ccc1-c1cc(CC2CCNC2)cc2c1cnn2C. The summed E-state index contributed by atoms with van der Waals surface area (Å²) in [6.07, 6.45) is 1.01. The van der Waals surface area contributed by atoms with E-state index in [1.165, 1.54) is 6.07 Å². The second kappa shape index (κ2) is 9.55. The molecule has 33 heavy (non-hydrogen) atoms. The number of aromatic nitrogens is 2. The second-order valence-electron chi connectivity index (χ2n) is 9.04. The molecular formula is C25H29F3N4O. The summed E-state index contributed by atoms with van der Waals surface area (Å²) in [5.74, 6) is -0.680.